The first kappa shape index (κ1) is 32.0. The topological polar surface area (TPSA) is 83.1 Å². The lowest BCUT2D eigenvalue weighted by molar-refractivity contribution is -0.143. The number of halogens is 3. The normalized spacial score (nSPS) is 21.4. The van der Waals surface area contributed by atoms with Crippen molar-refractivity contribution in [2.75, 3.05) is 52.5 Å². The standard InChI is InChI=1S/C33H39Br2ClN4O4/c34-25-16-24-2-1-23-17-26(36)18-27(35)31(23)32(33(24)37-20-25)22-5-9-39(10-6-22)28(41)15-21-3-7-38(8-4-21)29(42)19-30(43)40-11-13-44-14-12-40/h16-18,20-22,32H,1-15,19H2/t32-/m1/s1. The number of rotatable bonds is 5. The summed E-state index contributed by atoms with van der Waals surface area (Å²) in [7, 11) is 0. The fourth-order valence-electron chi connectivity index (χ4n) is 7.44. The Morgan fingerprint density at radius 2 is 1.43 bits per heavy atom. The number of aromatic nitrogens is 1. The number of piperidine rings is 2. The Bertz CT molecular complexity index is 1400. The molecule has 3 saturated heterocycles. The molecule has 3 aliphatic heterocycles. The summed E-state index contributed by atoms with van der Waals surface area (Å²) >= 11 is 13.9. The van der Waals surface area contributed by atoms with Crippen LogP contribution in [-0.4, -0.2) is 89.9 Å². The molecule has 236 valence electrons. The minimum Gasteiger partial charge on any atom is -0.378 e. The maximum Gasteiger partial charge on any atom is 0.232 e. The zero-order valence-electron chi connectivity index (χ0n) is 24.9. The van der Waals surface area contributed by atoms with Crippen molar-refractivity contribution in [3.05, 3.63) is 60.7 Å². The lowest BCUT2D eigenvalue weighted by Gasteiger charge is -2.38. The number of ether oxygens (including phenoxy) is 1. The molecule has 6 rings (SSSR count). The van der Waals surface area contributed by atoms with Gasteiger partial charge in [-0.15, -0.1) is 0 Å². The van der Waals surface area contributed by atoms with Crippen molar-refractivity contribution in [3.63, 3.8) is 0 Å². The summed E-state index contributed by atoms with van der Waals surface area (Å²) in [5.74, 6) is 0.780. The van der Waals surface area contributed by atoms with Crippen LogP contribution in [0.1, 0.15) is 66.8 Å². The molecule has 2 aromatic rings. The van der Waals surface area contributed by atoms with E-state index in [4.69, 9.17) is 21.3 Å². The van der Waals surface area contributed by atoms with E-state index in [0.717, 1.165) is 71.3 Å². The molecule has 1 aliphatic carbocycles. The number of likely N-dealkylation sites (tertiary alicyclic amines) is 2. The van der Waals surface area contributed by atoms with Gasteiger partial charge in [-0.25, -0.2) is 0 Å². The van der Waals surface area contributed by atoms with Gasteiger partial charge in [-0.05, 0) is 101 Å². The summed E-state index contributed by atoms with van der Waals surface area (Å²) in [5, 5.41) is 0.742. The third-order valence-electron chi connectivity index (χ3n) is 9.88. The average Bonchev–Trinajstić information content (AvgIpc) is 3.18. The van der Waals surface area contributed by atoms with Gasteiger partial charge in [-0.3, -0.25) is 19.4 Å². The Hall–Kier alpha value is -2.01. The molecule has 4 aliphatic rings. The Balaban J connectivity index is 1.03. The van der Waals surface area contributed by atoms with Gasteiger partial charge in [-0.1, -0.05) is 27.5 Å². The quantitative estimate of drug-likeness (QED) is 0.372. The highest BCUT2D eigenvalue weighted by Crippen LogP contribution is 2.46. The Kier molecular flexibility index (Phi) is 10.3. The summed E-state index contributed by atoms with van der Waals surface area (Å²) in [6.45, 7) is 4.87. The van der Waals surface area contributed by atoms with E-state index in [1.807, 2.05) is 17.2 Å². The van der Waals surface area contributed by atoms with Crippen LogP contribution in [0.5, 0.6) is 0 Å². The zero-order valence-corrected chi connectivity index (χ0v) is 28.8. The maximum atomic E-state index is 13.4. The third-order valence-corrected chi connectivity index (χ3v) is 11.2. The predicted octanol–water partition coefficient (Wildman–Crippen LogP) is 5.61. The van der Waals surface area contributed by atoms with Crippen LogP contribution in [-0.2, 0) is 32.0 Å². The molecule has 11 heteroatoms. The van der Waals surface area contributed by atoms with Crippen LogP contribution in [0.25, 0.3) is 0 Å². The van der Waals surface area contributed by atoms with E-state index < -0.39 is 0 Å². The second-order valence-electron chi connectivity index (χ2n) is 12.6. The monoisotopic (exact) mass is 748 g/mol. The third kappa shape index (κ3) is 7.18. The first-order valence-electron chi connectivity index (χ1n) is 15.8. The number of benzene rings is 1. The number of hydrogen-bond donors (Lipinski definition) is 0. The van der Waals surface area contributed by atoms with Crippen molar-refractivity contribution in [2.45, 2.75) is 57.3 Å². The molecule has 1 atom stereocenters. The summed E-state index contributed by atoms with van der Waals surface area (Å²) in [4.78, 5) is 49.2. The fraction of sp³-hybridized carbons (Fsp3) is 0.576. The van der Waals surface area contributed by atoms with Gasteiger partial charge in [-0.2, -0.15) is 0 Å². The van der Waals surface area contributed by atoms with Crippen molar-refractivity contribution in [1.82, 2.24) is 19.7 Å². The molecule has 0 saturated carbocycles. The van der Waals surface area contributed by atoms with E-state index in [-0.39, 0.29) is 36.0 Å². The van der Waals surface area contributed by atoms with Crippen LogP contribution < -0.4 is 0 Å². The van der Waals surface area contributed by atoms with Gasteiger partial charge in [0.25, 0.3) is 0 Å². The highest BCUT2D eigenvalue weighted by atomic mass is 79.9. The van der Waals surface area contributed by atoms with Gasteiger partial charge in [0.15, 0.2) is 0 Å². The van der Waals surface area contributed by atoms with Crippen LogP contribution in [0, 0.1) is 11.8 Å². The number of amides is 3. The Labute approximate surface area is 281 Å². The Morgan fingerprint density at radius 1 is 0.818 bits per heavy atom. The van der Waals surface area contributed by atoms with E-state index in [1.165, 1.54) is 16.7 Å². The summed E-state index contributed by atoms with van der Waals surface area (Å²) in [6.07, 6.45) is 7.63. The minimum absolute atomic E-state index is 0.0785. The van der Waals surface area contributed by atoms with Crippen molar-refractivity contribution >= 4 is 61.2 Å². The van der Waals surface area contributed by atoms with Gasteiger partial charge in [0, 0.05) is 71.8 Å². The maximum absolute atomic E-state index is 13.4. The first-order chi connectivity index (χ1) is 21.3. The van der Waals surface area contributed by atoms with Crippen molar-refractivity contribution in [3.8, 4) is 0 Å². The molecule has 3 fully saturated rings. The number of carbonyl (C=O) groups excluding carboxylic acids is 3. The van der Waals surface area contributed by atoms with Crippen LogP contribution in [0.2, 0.25) is 5.02 Å². The number of morpholine rings is 1. The molecule has 3 amide bonds. The zero-order chi connectivity index (χ0) is 30.8. The average molecular weight is 751 g/mol. The van der Waals surface area contributed by atoms with Gasteiger partial charge < -0.3 is 19.4 Å². The van der Waals surface area contributed by atoms with Crippen LogP contribution in [0.3, 0.4) is 0 Å². The van der Waals surface area contributed by atoms with Crippen LogP contribution in [0.15, 0.2) is 33.3 Å². The van der Waals surface area contributed by atoms with Crippen molar-refractivity contribution < 1.29 is 19.1 Å². The molecular formula is C33H39Br2ClN4O4. The summed E-state index contributed by atoms with van der Waals surface area (Å²) in [6, 6.07) is 6.31. The second kappa shape index (κ2) is 14.2. The summed E-state index contributed by atoms with van der Waals surface area (Å²) in [5.41, 5.74) is 4.99. The van der Waals surface area contributed by atoms with Crippen LogP contribution in [0.4, 0.5) is 0 Å². The lowest BCUT2D eigenvalue weighted by atomic mass is 9.76. The molecule has 1 aromatic carbocycles. The molecule has 0 bridgehead atoms. The molecule has 0 radical (unpaired) electrons. The fourth-order valence-corrected chi connectivity index (χ4v) is 8.94. The minimum atomic E-state index is -0.116. The second-order valence-corrected chi connectivity index (χ2v) is 14.8. The predicted molar refractivity (Wildman–Crippen MR) is 176 cm³/mol. The molecule has 0 spiro atoms. The van der Waals surface area contributed by atoms with E-state index in [0.29, 0.717) is 51.7 Å². The van der Waals surface area contributed by atoms with Gasteiger partial charge in [0.1, 0.15) is 6.42 Å². The van der Waals surface area contributed by atoms with Crippen molar-refractivity contribution in [2.24, 2.45) is 11.8 Å². The number of pyridine rings is 1. The van der Waals surface area contributed by atoms with Gasteiger partial charge >= 0.3 is 0 Å². The van der Waals surface area contributed by atoms with E-state index >= 15 is 0 Å². The lowest BCUT2D eigenvalue weighted by Crippen LogP contribution is -2.45. The van der Waals surface area contributed by atoms with E-state index in [1.54, 1.807) is 9.80 Å². The molecule has 0 unspecified atom stereocenters. The first-order valence-corrected chi connectivity index (χ1v) is 17.8. The molecule has 4 heterocycles. The number of nitrogens with zero attached hydrogens (tertiary/aromatic N) is 4. The van der Waals surface area contributed by atoms with Crippen molar-refractivity contribution in [1.29, 1.82) is 0 Å². The summed E-state index contributed by atoms with van der Waals surface area (Å²) < 4.78 is 7.34. The molecule has 1 aromatic heterocycles. The molecule has 0 N–H and O–H groups in total. The molecule has 8 nitrogen and oxygen atoms in total. The highest BCUT2D eigenvalue weighted by molar-refractivity contribution is 9.10. The largest absolute Gasteiger partial charge is 0.378 e. The van der Waals surface area contributed by atoms with E-state index in [2.05, 4.69) is 44.0 Å². The number of carbonyl (C=O) groups is 3. The molecular weight excluding hydrogens is 712 g/mol. The smallest absolute Gasteiger partial charge is 0.232 e. The van der Waals surface area contributed by atoms with Gasteiger partial charge in [0.05, 0.1) is 18.9 Å². The van der Waals surface area contributed by atoms with Gasteiger partial charge in [0.2, 0.25) is 17.7 Å². The number of aryl methyl sites for hydroxylation is 2. The SMILES string of the molecule is O=C(CC(=O)N1CCC(CC(=O)N2CCC([C@H]3c4ncc(Br)cc4CCc4cc(Cl)cc(Br)c43)CC2)CC1)N1CCOCC1. The van der Waals surface area contributed by atoms with E-state index in [9.17, 15) is 14.4 Å². The molecule has 44 heavy (non-hydrogen) atoms. The van der Waals surface area contributed by atoms with Crippen LogP contribution >= 0.6 is 43.5 Å². The Morgan fingerprint density at radius 3 is 2.14 bits per heavy atom. The number of fused-ring (bicyclic) bond motifs is 2. The number of hydrogen-bond acceptors (Lipinski definition) is 5. The highest BCUT2D eigenvalue weighted by Gasteiger charge is 2.37.